The molecule has 0 saturated carbocycles. The van der Waals surface area contributed by atoms with E-state index in [1.807, 2.05) is 18.2 Å². The number of carbonyl (C=O) groups excluding carboxylic acids is 1. The zero-order valence-electron chi connectivity index (χ0n) is 26.8. The van der Waals surface area contributed by atoms with Gasteiger partial charge in [-0.25, -0.2) is 9.78 Å². The molecule has 0 spiro atoms. The third-order valence-electron chi connectivity index (χ3n) is 8.30. The van der Waals surface area contributed by atoms with Crippen LogP contribution in [0.25, 0.3) is 11.0 Å². The Morgan fingerprint density at radius 2 is 1.69 bits per heavy atom. The van der Waals surface area contributed by atoms with Gasteiger partial charge in [-0.05, 0) is 66.2 Å². The van der Waals surface area contributed by atoms with Gasteiger partial charge >= 0.3 is 18.4 Å². The van der Waals surface area contributed by atoms with Crippen molar-refractivity contribution in [3.63, 3.8) is 0 Å². The normalized spacial score (nSPS) is 19.3. The number of imidazole rings is 1. The van der Waals surface area contributed by atoms with E-state index in [2.05, 4.69) is 20.9 Å². The van der Waals surface area contributed by atoms with Crippen LogP contribution in [0.5, 0.6) is 11.5 Å². The first-order chi connectivity index (χ1) is 24.7. The number of para-hydroxylation sites is 1. The van der Waals surface area contributed by atoms with Crippen molar-refractivity contribution in [3.05, 3.63) is 113 Å². The predicted octanol–water partition coefficient (Wildman–Crippen LogP) is 7.62. The number of rotatable bonds is 9. The average Bonchev–Trinajstić information content (AvgIpc) is 3.46. The van der Waals surface area contributed by atoms with Gasteiger partial charge in [0, 0.05) is 12.2 Å². The molecule has 4 aromatic carbocycles. The van der Waals surface area contributed by atoms with Gasteiger partial charge in [0.15, 0.2) is 0 Å². The molecule has 1 aliphatic rings. The van der Waals surface area contributed by atoms with Gasteiger partial charge in [0.2, 0.25) is 5.95 Å². The molecule has 2 heterocycles. The number of amides is 2. The molecule has 0 aliphatic carbocycles. The maximum atomic E-state index is 13.9. The lowest BCUT2D eigenvalue weighted by Crippen LogP contribution is -2.58. The number of aliphatic hydroxyl groups is 2. The number of benzene rings is 4. The highest BCUT2D eigenvalue weighted by Crippen LogP contribution is 2.38. The highest BCUT2D eigenvalue weighted by atomic mass is 35.5. The van der Waals surface area contributed by atoms with Crippen LogP contribution in [0.4, 0.5) is 42.8 Å². The fourth-order valence-corrected chi connectivity index (χ4v) is 6.09. The Morgan fingerprint density at radius 3 is 2.40 bits per heavy atom. The fraction of sp³-hybridized carbons (Fsp3) is 0.257. The van der Waals surface area contributed by atoms with Crippen LogP contribution in [0, 0.1) is 0 Å². The second kappa shape index (κ2) is 14.9. The number of aromatic nitrogens is 2. The minimum Gasteiger partial charge on any atom is -0.457 e. The molecule has 17 heteroatoms. The van der Waals surface area contributed by atoms with E-state index in [1.165, 1.54) is 10.6 Å². The molecule has 10 nitrogen and oxygen atoms in total. The van der Waals surface area contributed by atoms with E-state index in [9.17, 15) is 41.4 Å². The molecule has 0 radical (unpaired) electrons. The summed E-state index contributed by atoms with van der Waals surface area (Å²) >= 11 is 5.67. The number of carbonyl (C=O) groups is 1. The van der Waals surface area contributed by atoms with Crippen molar-refractivity contribution >= 4 is 40.3 Å². The number of ether oxygens (including phenoxy) is 2. The molecule has 5 N–H and O–H groups in total. The van der Waals surface area contributed by atoms with Crippen molar-refractivity contribution in [2.45, 2.75) is 43.2 Å². The summed E-state index contributed by atoms with van der Waals surface area (Å²) < 4.78 is 94.7. The lowest BCUT2D eigenvalue weighted by molar-refractivity contribution is -0.138. The molecule has 1 aliphatic heterocycles. The summed E-state index contributed by atoms with van der Waals surface area (Å²) in [4.78, 5) is 17.4. The van der Waals surface area contributed by atoms with Crippen LogP contribution >= 0.6 is 11.6 Å². The van der Waals surface area contributed by atoms with Crippen LogP contribution in [0.3, 0.4) is 0 Å². The Morgan fingerprint density at radius 1 is 0.942 bits per heavy atom. The van der Waals surface area contributed by atoms with Crippen LogP contribution in [0.1, 0.15) is 22.7 Å². The number of nitrogens with zero attached hydrogens (tertiary/aromatic N) is 2. The summed E-state index contributed by atoms with van der Waals surface area (Å²) in [5.74, 6) is 1.14. The van der Waals surface area contributed by atoms with E-state index in [1.54, 1.807) is 36.4 Å². The average molecular weight is 750 g/mol. The maximum Gasteiger partial charge on any atom is 0.417 e. The number of anilines is 2. The number of alkyl halides is 6. The van der Waals surface area contributed by atoms with Crippen LogP contribution in [0.2, 0.25) is 5.02 Å². The molecule has 0 unspecified atom stereocenters. The van der Waals surface area contributed by atoms with Gasteiger partial charge < -0.3 is 40.2 Å². The van der Waals surface area contributed by atoms with Gasteiger partial charge in [0.25, 0.3) is 0 Å². The largest absolute Gasteiger partial charge is 0.457 e. The van der Waals surface area contributed by atoms with Crippen molar-refractivity contribution in [1.29, 1.82) is 0 Å². The number of hydrogen-bond acceptors (Lipinski definition) is 7. The number of fused-ring (bicyclic) bond motifs is 1. The molecule has 4 atom stereocenters. The van der Waals surface area contributed by atoms with E-state index in [0.29, 0.717) is 23.1 Å². The van der Waals surface area contributed by atoms with Crippen LogP contribution in [-0.2, 0) is 23.6 Å². The molecule has 1 fully saturated rings. The second-order valence-corrected chi connectivity index (χ2v) is 12.3. The van der Waals surface area contributed by atoms with Crippen LogP contribution < -0.4 is 20.7 Å². The number of urea groups is 1. The van der Waals surface area contributed by atoms with Gasteiger partial charge in [0.1, 0.15) is 17.6 Å². The fourth-order valence-electron chi connectivity index (χ4n) is 5.87. The van der Waals surface area contributed by atoms with Crippen molar-refractivity contribution < 1.29 is 50.8 Å². The Bertz CT molecular complexity index is 2040. The molecule has 2 amide bonds. The Kier molecular flexibility index (Phi) is 10.5. The second-order valence-electron chi connectivity index (χ2n) is 11.9. The lowest BCUT2D eigenvalue weighted by Gasteiger charge is -2.41. The maximum absolute atomic E-state index is 13.9. The van der Waals surface area contributed by atoms with Gasteiger partial charge in [-0.3, -0.25) is 0 Å². The molecule has 0 bridgehead atoms. The number of aliphatic hydroxyl groups excluding tert-OH is 2. The molecule has 274 valence electrons. The number of hydrogen-bond donors (Lipinski definition) is 5. The van der Waals surface area contributed by atoms with Crippen molar-refractivity contribution in [3.8, 4) is 11.5 Å². The SMILES string of the molecule is O=C(Nc1ccc(Cl)c(C(F)(F)F)c1)N[C@H]1CO[C@H](CO)[C@H](n2c(NCc3cccc(Oc4ccccc4)c3)nc3ccc(C(F)(F)F)cc32)[C@@H]1O. The quantitative estimate of drug-likeness (QED) is 0.0982. The Labute approximate surface area is 296 Å². The van der Waals surface area contributed by atoms with E-state index >= 15 is 0 Å². The summed E-state index contributed by atoms with van der Waals surface area (Å²) in [6.07, 6.45) is -12.3. The zero-order valence-corrected chi connectivity index (χ0v) is 27.5. The van der Waals surface area contributed by atoms with E-state index in [0.717, 1.165) is 24.3 Å². The Hall–Kier alpha value is -5.03. The van der Waals surface area contributed by atoms with Gasteiger partial charge in [0.05, 0.1) is 58.6 Å². The smallest absolute Gasteiger partial charge is 0.417 e. The third-order valence-corrected chi connectivity index (χ3v) is 8.63. The first kappa shape index (κ1) is 36.8. The molecular weight excluding hydrogens is 720 g/mol. The monoisotopic (exact) mass is 749 g/mol. The Balaban J connectivity index is 1.29. The van der Waals surface area contributed by atoms with Gasteiger partial charge in [-0.1, -0.05) is 41.9 Å². The van der Waals surface area contributed by atoms with E-state index in [-0.39, 0.29) is 35.8 Å². The lowest BCUT2D eigenvalue weighted by atomic mass is 9.95. The molecule has 6 rings (SSSR count). The minimum atomic E-state index is -4.80. The first-order valence-corrected chi connectivity index (χ1v) is 16.1. The highest BCUT2D eigenvalue weighted by Gasteiger charge is 2.43. The van der Waals surface area contributed by atoms with Crippen molar-refractivity contribution in [2.24, 2.45) is 0 Å². The van der Waals surface area contributed by atoms with Gasteiger partial charge in [-0.15, -0.1) is 0 Å². The molecular formula is C35H30ClF6N5O5. The van der Waals surface area contributed by atoms with Crippen LogP contribution in [-0.4, -0.2) is 57.3 Å². The van der Waals surface area contributed by atoms with E-state index < -0.39 is 65.4 Å². The number of halogens is 7. The van der Waals surface area contributed by atoms with E-state index in [4.69, 9.17) is 21.1 Å². The zero-order chi connectivity index (χ0) is 37.2. The molecule has 5 aromatic rings. The van der Waals surface area contributed by atoms with Crippen LogP contribution in [0.15, 0.2) is 91.0 Å². The summed E-state index contributed by atoms with van der Waals surface area (Å²) in [5.41, 5.74) is -1.67. The first-order valence-electron chi connectivity index (χ1n) is 15.7. The van der Waals surface area contributed by atoms with Crippen molar-refractivity contribution in [2.75, 3.05) is 23.8 Å². The molecule has 1 aromatic heterocycles. The summed E-state index contributed by atoms with van der Waals surface area (Å²) in [5, 5.41) is 29.2. The standard InChI is InChI=1S/C35H30ClF6N5O5/c36-25-11-10-21(15-24(25)35(40,41)42)44-33(50)46-27-18-51-29(17-48)30(31(27)49)47-28-14-20(34(37,38)39)9-12-26(28)45-32(47)43-16-19-5-4-8-23(13-19)52-22-6-2-1-3-7-22/h1-15,27,29-31,48-49H,16-18H2,(H,43,45)(H2,44,46,50)/t27-,29+,30-,31+/m0/s1. The van der Waals surface area contributed by atoms with Gasteiger partial charge in [-0.2, -0.15) is 26.3 Å². The molecule has 1 saturated heterocycles. The number of nitrogens with one attached hydrogen (secondary N) is 3. The minimum absolute atomic E-state index is 0.0146. The third kappa shape index (κ3) is 8.20. The molecule has 52 heavy (non-hydrogen) atoms. The summed E-state index contributed by atoms with van der Waals surface area (Å²) in [6.45, 7) is -0.940. The highest BCUT2D eigenvalue weighted by molar-refractivity contribution is 6.31. The summed E-state index contributed by atoms with van der Waals surface area (Å²) in [6, 6.07) is 18.1. The van der Waals surface area contributed by atoms with Crippen molar-refractivity contribution in [1.82, 2.24) is 14.9 Å². The summed E-state index contributed by atoms with van der Waals surface area (Å²) in [7, 11) is 0. The topological polar surface area (TPSA) is 130 Å². The predicted molar refractivity (Wildman–Crippen MR) is 179 cm³/mol.